The quantitative estimate of drug-likeness (QED) is 0.348. The number of benzene rings is 2. The SMILES string of the molecule is C[C@H]1CC2(CCN(c3cnc(C(=O)N4CCN(CC5CN(c6ccc7c(c6)C(=O)N(C6CCC(=O)NC6=O)C7=O)C5)CC4)cn3)CC2)CN1c1ccc(C#N)c(Cl)c1. The summed E-state index contributed by atoms with van der Waals surface area (Å²) in [5, 5.41) is 12.0. The van der Waals surface area contributed by atoms with Gasteiger partial charge in [0.15, 0.2) is 0 Å². The standard InChI is InChI=1S/C42H45ClN10O5/c1-26-18-42(25-52(26)30-3-2-28(19-44)33(43)17-30)8-10-49(11-9-42)36-21-45-34(20-46-36)41(58)50-14-12-48(13-15-50)22-27-23-51(24-27)29-4-5-31-32(16-29)40(57)53(39(31)56)35-6-7-37(54)47-38(35)55/h2-5,16-17,20-21,26-27,35H,6-15,18,22-25H2,1H3,(H,47,54,55)/t26-,35?/m0/s1. The van der Waals surface area contributed by atoms with E-state index in [0.717, 1.165) is 93.7 Å². The van der Waals surface area contributed by atoms with Crippen LogP contribution in [-0.2, 0) is 9.59 Å². The minimum atomic E-state index is -0.983. The molecule has 300 valence electrons. The molecule has 2 atom stereocenters. The summed E-state index contributed by atoms with van der Waals surface area (Å²) in [6.45, 7) is 10.2. The van der Waals surface area contributed by atoms with Gasteiger partial charge in [-0.1, -0.05) is 11.6 Å². The molecule has 0 radical (unpaired) electrons. The first kappa shape index (κ1) is 38.0. The second-order valence-corrected chi connectivity index (χ2v) is 17.2. The third kappa shape index (κ3) is 6.91. The zero-order chi connectivity index (χ0) is 40.3. The average molecular weight is 805 g/mol. The van der Waals surface area contributed by atoms with E-state index >= 15 is 0 Å². The summed E-state index contributed by atoms with van der Waals surface area (Å²) in [4.78, 5) is 85.1. The molecule has 5 saturated heterocycles. The number of nitrogens with one attached hydrogen (secondary N) is 1. The van der Waals surface area contributed by atoms with Crippen molar-refractivity contribution in [2.24, 2.45) is 11.3 Å². The number of fused-ring (bicyclic) bond motifs is 1. The number of hydrogen-bond donors (Lipinski definition) is 1. The van der Waals surface area contributed by atoms with E-state index in [9.17, 15) is 29.2 Å². The molecule has 1 spiro atoms. The molecule has 1 aromatic heterocycles. The Morgan fingerprint density at radius 1 is 0.914 bits per heavy atom. The Balaban J connectivity index is 0.721. The minimum absolute atomic E-state index is 0.0834. The van der Waals surface area contributed by atoms with Crippen molar-refractivity contribution in [3.05, 3.63) is 76.2 Å². The lowest BCUT2D eigenvalue weighted by Gasteiger charge is -2.44. The van der Waals surface area contributed by atoms with Gasteiger partial charge in [-0.15, -0.1) is 0 Å². The van der Waals surface area contributed by atoms with Crippen LogP contribution in [0.2, 0.25) is 5.02 Å². The first-order valence-corrected chi connectivity index (χ1v) is 20.5. The molecule has 0 bridgehead atoms. The first-order valence-electron chi connectivity index (χ1n) is 20.1. The topological polar surface area (TPSA) is 166 Å². The lowest BCUT2D eigenvalue weighted by atomic mass is 9.77. The largest absolute Gasteiger partial charge is 0.371 e. The molecule has 16 heteroatoms. The molecule has 6 aliphatic heterocycles. The number of imide groups is 2. The molecule has 0 aliphatic carbocycles. The summed E-state index contributed by atoms with van der Waals surface area (Å²) in [5.41, 5.74) is 3.54. The molecule has 3 aromatic rings. The number of piperazine rings is 1. The summed E-state index contributed by atoms with van der Waals surface area (Å²) in [6.07, 6.45) is 6.72. The van der Waals surface area contributed by atoms with E-state index in [1.807, 2.05) is 23.1 Å². The molecule has 6 aliphatic rings. The van der Waals surface area contributed by atoms with Gasteiger partial charge < -0.3 is 19.6 Å². The average Bonchev–Trinajstić information content (AvgIpc) is 3.66. The van der Waals surface area contributed by atoms with Crippen LogP contribution in [-0.4, -0.2) is 132 Å². The number of halogens is 1. The summed E-state index contributed by atoms with van der Waals surface area (Å²) < 4.78 is 0. The molecule has 1 unspecified atom stereocenters. The Bertz CT molecular complexity index is 2220. The Morgan fingerprint density at radius 2 is 1.66 bits per heavy atom. The second-order valence-electron chi connectivity index (χ2n) is 16.7. The number of hydrogen-bond acceptors (Lipinski definition) is 12. The van der Waals surface area contributed by atoms with Crippen molar-refractivity contribution < 1.29 is 24.0 Å². The van der Waals surface area contributed by atoms with Crippen molar-refractivity contribution in [3.8, 4) is 6.07 Å². The third-order valence-corrected chi connectivity index (χ3v) is 13.4. The zero-order valence-electron chi connectivity index (χ0n) is 32.4. The van der Waals surface area contributed by atoms with Crippen LogP contribution in [0.25, 0.3) is 0 Å². The molecular weight excluding hydrogens is 760 g/mol. The lowest BCUT2D eigenvalue weighted by molar-refractivity contribution is -0.136. The Kier molecular flexibility index (Phi) is 9.80. The van der Waals surface area contributed by atoms with Gasteiger partial charge in [0.05, 0.1) is 34.1 Å². The maximum absolute atomic E-state index is 13.4. The number of aromatic nitrogens is 2. The number of piperidine rings is 2. The number of amides is 5. The van der Waals surface area contributed by atoms with Crippen LogP contribution in [0.5, 0.6) is 0 Å². The van der Waals surface area contributed by atoms with E-state index in [2.05, 4.69) is 47.9 Å². The number of nitrogens with zero attached hydrogens (tertiary/aromatic N) is 9. The van der Waals surface area contributed by atoms with Crippen LogP contribution in [0.1, 0.15) is 75.8 Å². The first-order chi connectivity index (χ1) is 28.0. The number of rotatable bonds is 7. The predicted octanol–water partition coefficient (Wildman–Crippen LogP) is 3.18. The Labute approximate surface area is 341 Å². The highest BCUT2D eigenvalue weighted by molar-refractivity contribution is 6.32. The molecule has 1 N–H and O–H groups in total. The number of carbonyl (C=O) groups is 5. The summed E-state index contributed by atoms with van der Waals surface area (Å²) >= 11 is 6.36. The second kappa shape index (κ2) is 15.0. The van der Waals surface area contributed by atoms with Gasteiger partial charge in [-0.05, 0) is 74.4 Å². The van der Waals surface area contributed by atoms with Crippen LogP contribution >= 0.6 is 11.6 Å². The summed E-state index contributed by atoms with van der Waals surface area (Å²) in [7, 11) is 0. The fourth-order valence-corrected chi connectivity index (χ4v) is 10.0. The lowest BCUT2D eigenvalue weighted by Crippen LogP contribution is -2.55. The molecule has 5 fully saturated rings. The highest BCUT2D eigenvalue weighted by Crippen LogP contribution is 2.46. The fourth-order valence-electron chi connectivity index (χ4n) is 9.82. The van der Waals surface area contributed by atoms with Gasteiger partial charge in [-0.2, -0.15) is 5.26 Å². The normalized spacial score (nSPS) is 23.6. The zero-order valence-corrected chi connectivity index (χ0v) is 33.2. The molecule has 7 heterocycles. The van der Waals surface area contributed by atoms with Gasteiger partial charge in [0, 0.05) is 95.2 Å². The van der Waals surface area contributed by atoms with Crippen LogP contribution in [0, 0.1) is 22.7 Å². The van der Waals surface area contributed by atoms with Crippen molar-refractivity contribution in [1.82, 2.24) is 30.0 Å². The Hall–Kier alpha value is -5.59. The molecular formula is C42H45ClN10O5. The van der Waals surface area contributed by atoms with Crippen molar-refractivity contribution >= 4 is 58.3 Å². The van der Waals surface area contributed by atoms with Crippen LogP contribution in [0.3, 0.4) is 0 Å². The van der Waals surface area contributed by atoms with E-state index in [-0.39, 0.29) is 35.3 Å². The monoisotopic (exact) mass is 804 g/mol. The van der Waals surface area contributed by atoms with Crippen molar-refractivity contribution in [2.45, 2.75) is 51.1 Å². The molecule has 2 aromatic carbocycles. The van der Waals surface area contributed by atoms with Crippen LogP contribution in [0.4, 0.5) is 17.2 Å². The molecule has 15 nitrogen and oxygen atoms in total. The van der Waals surface area contributed by atoms with Gasteiger partial charge in [0.1, 0.15) is 23.6 Å². The van der Waals surface area contributed by atoms with Gasteiger partial charge in [0.25, 0.3) is 17.7 Å². The molecule has 0 saturated carbocycles. The molecule has 9 rings (SSSR count). The maximum Gasteiger partial charge on any atom is 0.274 e. The molecule has 58 heavy (non-hydrogen) atoms. The van der Waals surface area contributed by atoms with Crippen molar-refractivity contribution in [3.63, 3.8) is 0 Å². The van der Waals surface area contributed by atoms with Crippen LogP contribution < -0.4 is 20.0 Å². The van der Waals surface area contributed by atoms with Crippen molar-refractivity contribution in [1.29, 1.82) is 5.26 Å². The predicted molar refractivity (Wildman–Crippen MR) is 215 cm³/mol. The van der Waals surface area contributed by atoms with E-state index in [4.69, 9.17) is 11.6 Å². The van der Waals surface area contributed by atoms with Crippen molar-refractivity contribution in [2.75, 3.05) is 80.1 Å². The number of carbonyl (C=O) groups excluding carboxylic acids is 5. The maximum atomic E-state index is 13.4. The fraction of sp³-hybridized carbons (Fsp3) is 0.476. The van der Waals surface area contributed by atoms with Crippen LogP contribution in [0.15, 0.2) is 48.8 Å². The van der Waals surface area contributed by atoms with Gasteiger partial charge in [-0.25, -0.2) is 9.97 Å². The number of anilines is 3. The highest BCUT2D eigenvalue weighted by Gasteiger charge is 2.46. The van der Waals surface area contributed by atoms with Gasteiger partial charge in [0.2, 0.25) is 11.8 Å². The van der Waals surface area contributed by atoms with Gasteiger partial charge in [-0.3, -0.25) is 39.1 Å². The van der Waals surface area contributed by atoms with E-state index in [0.29, 0.717) is 41.3 Å². The van der Waals surface area contributed by atoms with E-state index in [1.165, 1.54) is 0 Å². The van der Waals surface area contributed by atoms with E-state index < -0.39 is 29.7 Å². The summed E-state index contributed by atoms with van der Waals surface area (Å²) in [5.74, 6) is -0.906. The minimum Gasteiger partial charge on any atom is -0.371 e. The van der Waals surface area contributed by atoms with Gasteiger partial charge >= 0.3 is 0 Å². The smallest absolute Gasteiger partial charge is 0.274 e. The third-order valence-electron chi connectivity index (χ3n) is 13.1. The highest BCUT2D eigenvalue weighted by atomic mass is 35.5. The summed E-state index contributed by atoms with van der Waals surface area (Å²) in [6, 6.07) is 12.5. The van der Waals surface area contributed by atoms with E-state index in [1.54, 1.807) is 30.6 Å². The number of nitriles is 1. The Morgan fingerprint density at radius 3 is 2.34 bits per heavy atom. The molecule has 5 amide bonds.